The lowest BCUT2D eigenvalue weighted by Gasteiger charge is -2.22. The summed E-state index contributed by atoms with van der Waals surface area (Å²) in [6.07, 6.45) is 0. The maximum atomic E-state index is 5.37. The van der Waals surface area contributed by atoms with Gasteiger partial charge in [-0.05, 0) is 97.4 Å². The van der Waals surface area contributed by atoms with E-state index in [1.165, 1.54) is 71.3 Å². The van der Waals surface area contributed by atoms with Crippen LogP contribution in [0.4, 0.5) is 0 Å². The van der Waals surface area contributed by atoms with E-state index in [-0.39, 0.29) is 5.41 Å². The number of hydrogen-bond acceptors (Lipinski definition) is 2. The summed E-state index contributed by atoms with van der Waals surface area (Å²) in [7, 11) is 0. The van der Waals surface area contributed by atoms with Crippen molar-refractivity contribution >= 4 is 43.4 Å². The molecule has 0 fully saturated rings. The lowest BCUT2D eigenvalue weighted by Crippen LogP contribution is -2.14. The Kier molecular flexibility index (Phi) is 7.58. The Hall–Kier alpha value is -7.62. The molecular weight excluding hydrogens is 727 g/mol. The maximum absolute atomic E-state index is 5.37. The second kappa shape index (κ2) is 13.2. The second-order valence-corrected chi connectivity index (χ2v) is 16.6. The molecule has 0 spiro atoms. The van der Waals surface area contributed by atoms with E-state index in [1.54, 1.807) is 0 Å². The number of aromatic nitrogens is 3. The monoisotopic (exact) mass is 765 g/mol. The molecule has 0 atom stereocenters. The maximum Gasteiger partial charge on any atom is 0.160 e. The molecule has 1 aliphatic carbocycles. The van der Waals surface area contributed by atoms with E-state index in [0.717, 1.165) is 39.2 Å². The molecular formula is C57H39N3. The van der Waals surface area contributed by atoms with Crippen LogP contribution in [0.2, 0.25) is 0 Å². The van der Waals surface area contributed by atoms with Gasteiger partial charge in [0, 0.05) is 38.6 Å². The average molecular weight is 766 g/mol. The Balaban J connectivity index is 1.04. The van der Waals surface area contributed by atoms with E-state index in [2.05, 4.69) is 213 Å². The van der Waals surface area contributed by atoms with Crippen LogP contribution in [0.15, 0.2) is 200 Å². The first-order valence-corrected chi connectivity index (χ1v) is 20.7. The Morgan fingerprint density at radius 3 is 1.68 bits per heavy atom. The largest absolute Gasteiger partial charge is 0.309 e. The molecule has 9 aromatic carbocycles. The third-order valence-corrected chi connectivity index (χ3v) is 12.8. The topological polar surface area (TPSA) is 30.7 Å². The van der Waals surface area contributed by atoms with Crippen molar-refractivity contribution < 1.29 is 0 Å². The summed E-state index contributed by atoms with van der Waals surface area (Å²) in [5.41, 5.74) is 16.0. The number of nitrogens with zero attached hydrogens (tertiary/aromatic N) is 3. The predicted molar refractivity (Wildman–Crippen MR) is 251 cm³/mol. The van der Waals surface area contributed by atoms with Crippen LogP contribution in [0, 0.1) is 0 Å². The fraction of sp³-hybridized carbons (Fsp3) is 0.0526. The Morgan fingerprint density at radius 1 is 0.383 bits per heavy atom. The van der Waals surface area contributed by atoms with Crippen LogP contribution in [-0.2, 0) is 5.41 Å². The Bertz CT molecular complexity index is 3470. The zero-order chi connectivity index (χ0) is 40.0. The molecule has 3 nitrogen and oxygen atoms in total. The summed E-state index contributed by atoms with van der Waals surface area (Å²) in [6, 6.07) is 72.4. The van der Waals surface area contributed by atoms with Gasteiger partial charge in [0.05, 0.1) is 22.4 Å². The van der Waals surface area contributed by atoms with Gasteiger partial charge < -0.3 is 4.57 Å². The first-order chi connectivity index (χ1) is 29.5. The van der Waals surface area contributed by atoms with E-state index < -0.39 is 0 Å². The van der Waals surface area contributed by atoms with Crippen LogP contribution >= 0.6 is 0 Å². The van der Waals surface area contributed by atoms with Gasteiger partial charge in [-0.15, -0.1) is 0 Å². The van der Waals surface area contributed by atoms with Crippen molar-refractivity contribution in [2.75, 3.05) is 0 Å². The average Bonchev–Trinajstić information content (AvgIpc) is 3.76. The summed E-state index contributed by atoms with van der Waals surface area (Å²) in [4.78, 5) is 10.7. The van der Waals surface area contributed by atoms with Crippen LogP contribution in [0.25, 0.3) is 105 Å². The molecule has 0 saturated heterocycles. The molecule has 0 N–H and O–H groups in total. The van der Waals surface area contributed by atoms with E-state index in [1.807, 2.05) is 6.07 Å². The molecule has 60 heavy (non-hydrogen) atoms. The highest BCUT2D eigenvalue weighted by Crippen LogP contribution is 2.53. The molecule has 2 heterocycles. The van der Waals surface area contributed by atoms with Crippen LogP contribution in [0.5, 0.6) is 0 Å². The van der Waals surface area contributed by atoms with Crippen LogP contribution < -0.4 is 0 Å². The van der Waals surface area contributed by atoms with Crippen molar-refractivity contribution in [1.82, 2.24) is 14.5 Å². The number of benzene rings is 9. The van der Waals surface area contributed by atoms with Gasteiger partial charge in [0.1, 0.15) is 0 Å². The van der Waals surface area contributed by atoms with Gasteiger partial charge in [-0.25, -0.2) is 9.97 Å². The van der Waals surface area contributed by atoms with E-state index >= 15 is 0 Å². The molecule has 282 valence electrons. The van der Waals surface area contributed by atoms with Gasteiger partial charge in [0.15, 0.2) is 5.82 Å². The van der Waals surface area contributed by atoms with Crippen LogP contribution in [0.1, 0.15) is 25.0 Å². The third-order valence-electron chi connectivity index (χ3n) is 12.8. The van der Waals surface area contributed by atoms with E-state index in [4.69, 9.17) is 9.97 Å². The molecule has 11 aromatic rings. The summed E-state index contributed by atoms with van der Waals surface area (Å²) < 4.78 is 2.39. The van der Waals surface area contributed by atoms with Gasteiger partial charge in [-0.1, -0.05) is 172 Å². The fourth-order valence-corrected chi connectivity index (χ4v) is 9.91. The zero-order valence-corrected chi connectivity index (χ0v) is 33.4. The molecule has 1 aliphatic rings. The highest BCUT2D eigenvalue weighted by molar-refractivity contribution is 6.10. The van der Waals surface area contributed by atoms with Gasteiger partial charge in [-0.3, -0.25) is 0 Å². The molecule has 2 aromatic heterocycles. The zero-order valence-electron chi connectivity index (χ0n) is 33.4. The number of hydrogen-bond donors (Lipinski definition) is 0. The molecule has 3 heteroatoms. The lowest BCUT2D eigenvalue weighted by molar-refractivity contribution is 0.661. The molecule has 0 saturated carbocycles. The summed E-state index contributed by atoms with van der Waals surface area (Å²) in [5, 5.41) is 7.36. The van der Waals surface area contributed by atoms with Crippen molar-refractivity contribution in [2.24, 2.45) is 0 Å². The minimum atomic E-state index is -0.159. The molecule has 12 rings (SSSR count). The highest BCUT2D eigenvalue weighted by atomic mass is 15.0. The quantitative estimate of drug-likeness (QED) is 0.175. The Morgan fingerprint density at radius 2 is 0.950 bits per heavy atom. The number of rotatable bonds is 5. The minimum absolute atomic E-state index is 0.159. The first-order valence-electron chi connectivity index (χ1n) is 20.7. The molecule has 0 radical (unpaired) electrons. The third kappa shape index (κ3) is 5.22. The van der Waals surface area contributed by atoms with Gasteiger partial charge in [0.2, 0.25) is 0 Å². The normalized spacial score (nSPS) is 13.0. The highest BCUT2D eigenvalue weighted by Gasteiger charge is 2.37. The van der Waals surface area contributed by atoms with Gasteiger partial charge in [0.25, 0.3) is 0 Å². The van der Waals surface area contributed by atoms with Crippen molar-refractivity contribution in [1.29, 1.82) is 0 Å². The minimum Gasteiger partial charge on any atom is -0.309 e. The summed E-state index contributed by atoms with van der Waals surface area (Å²) >= 11 is 0. The van der Waals surface area contributed by atoms with Crippen LogP contribution in [0.3, 0.4) is 0 Å². The number of para-hydroxylation sites is 2. The standard InChI is InChI=1S/C57H39N3/c1-57(2)49-27-15-26-47(55(49)48-33-37-18-6-7-19-38(37)34-50(48)57)52-35-51(58-56(59-52)36-16-4-3-5-17-36)44-31-30-41(42-22-8-9-23-43(42)44)39-20-14-21-40(32-39)60-53-28-12-10-24-45(53)46-25-11-13-29-54(46)60/h3-35H,1-2H3. The SMILES string of the molecule is CC1(C)c2cc3ccccc3cc2-c2c(-c3cc(-c4ccc(-c5cccc(-n6c7ccccc7c7ccccc76)c5)c5ccccc45)nc(-c4ccccc4)n3)cccc21. The fourth-order valence-electron chi connectivity index (χ4n) is 9.91. The molecule has 0 unspecified atom stereocenters. The smallest absolute Gasteiger partial charge is 0.160 e. The first kappa shape index (κ1) is 34.4. The molecule has 0 bridgehead atoms. The summed E-state index contributed by atoms with van der Waals surface area (Å²) in [5.74, 6) is 0.712. The van der Waals surface area contributed by atoms with Crippen LogP contribution in [-0.4, -0.2) is 14.5 Å². The van der Waals surface area contributed by atoms with Crippen molar-refractivity contribution in [3.8, 4) is 61.8 Å². The Labute approximate surface area is 348 Å². The van der Waals surface area contributed by atoms with Gasteiger partial charge >= 0.3 is 0 Å². The second-order valence-electron chi connectivity index (χ2n) is 16.6. The summed E-state index contributed by atoms with van der Waals surface area (Å²) in [6.45, 7) is 4.70. The van der Waals surface area contributed by atoms with Gasteiger partial charge in [-0.2, -0.15) is 0 Å². The van der Waals surface area contributed by atoms with E-state index in [9.17, 15) is 0 Å². The molecule has 0 aliphatic heterocycles. The van der Waals surface area contributed by atoms with Crippen molar-refractivity contribution in [3.05, 3.63) is 211 Å². The van der Waals surface area contributed by atoms with E-state index in [0.29, 0.717) is 5.82 Å². The van der Waals surface area contributed by atoms with Crippen molar-refractivity contribution in [3.63, 3.8) is 0 Å². The lowest BCUT2D eigenvalue weighted by atomic mass is 9.81. The van der Waals surface area contributed by atoms with Crippen molar-refractivity contribution in [2.45, 2.75) is 19.3 Å². The predicted octanol–water partition coefficient (Wildman–Crippen LogP) is 14.9. The number of fused-ring (bicyclic) bond motifs is 8. The molecule has 0 amide bonds.